The molecule has 0 bridgehead atoms. The topological polar surface area (TPSA) is 86.8 Å². The molecule has 0 heterocycles. The van der Waals surface area contributed by atoms with Gasteiger partial charge in [0.05, 0.1) is 10.6 Å². The summed E-state index contributed by atoms with van der Waals surface area (Å²) in [5.74, 6) is -0.695. The van der Waals surface area contributed by atoms with Crippen LogP contribution in [0.5, 0.6) is 0 Å². The van der Waals surface area contributed by atoms with Gasteiger partial charge < -0.3 is 10.2 Å². The number of rotatable bonds is 12. The number of aryl methyl sites for hydroxylation is 4. The van der Waals surface area contributed by atoms with Crippen LogP contribution in [0.25, 0.3) is 0 Å². The molecule has 3 rings (SSSR count). The van der Waals surface area contributed by atoms with E-state index in [1.165, 1.54) is 9.21 Å². The number of benzene rings is 3. The molecule has 220 valence electrons. The number of amides is 2. The summed E-state index contributed by atoms with van der Waals surface area (Å²) < 4.78 is 29.4. The van der Waals surface area contributed by atoms with Crippen molar-refractivity contribution in [2.45, 2.75) is 84.8 Å². The summed E-state index contributed by atoms with van der Waals surface area (Å²) in [4.78, 5) is 29.3. The Morgan fingerprint density at radius 1 is 0.829 bits per heavy atom. The Bertz CT molecular complexity index is 1470. The largest absolute Gasteiger partial charge is 0.352 e. The number of sulfonamides is 1. The van der Waals surface area contributed by atoms with Crippen molar-refractivity contribution in [3.8, 4) is 0 Å². The molecule has 0 unspecified atom stereocenters. The van der Waals surface area contributed by atoms with Gasteiger partial charge in [-0.05, 0) is 87.9 Å². The normalized spacial score (nSPS) is 12.9. The van der Waals surface area contributed by atoms with Crippen LogP contribution in [0.1, 0.15) is 61.4 Å². The van der Waals surface area contributed by atoms with Crippen molar-refractivity contribution < 1.29 is 18.0 Å². The highest BCUT2D eigenvalue weighted by atomic mass is 32.2. The van der Waals surface area contributed by atoms with Crippen LogP contribution in [0.4, 0.5) is 5.69 Å². The molecule has 2 atom stereocenters. The van der Waals surface area contributed by atoms with Crippen LogP contribution >= 0.6 is 0 Å². The zero-order chi connectivity index (χ0) is 30.3. The highest BCUT2D eigenvalue weighted by molar-refractivity contribution is 7.92. The Labute approximate surface area is 245 Å². The molecule has 3 aromatic carbocycles. The molecule has 0 aromatic heterocycles. The molecule has 41 heavy (non-hydrogen) atoms. The summed E-state index contributed by atoms with van der Waals surface area (Å²) in [7, 11) is -4.11. The summed E-state index contributed by atoms with van der Waals surface area (Å²) in [6.45, 7) is 13.1. The van der Waals surface area contributed by atoms with Crippen LogP contribution in [0, 0.1) is 27.7 Å². The van der Waals surface area contributed by atoms with Crippen LogP contribution in [0.15, 0.2) is 71.6 Å². The number of nitrogens with zero attached hydrogens (tertiary/aromatic N) is 2. The minimum atomic E-state index is -4.11. The zero-order valence-corrected chi connectivity index (χ0v) is 26.1. The van der Waals surface area contributed by atoms with E-state index in [1.54, 1.807) is 30.3 Å². The number of carbonyl (C=O) groups is 2. The molecule has 0 aliphatic heterocycles. The van der Waals surface area contributed by atoms with Gasteiger partial charge in [0, 0.05) is 12.6 Å². The summed E-state index contributed by atoms with van der Waals surface area (Å²) >= 11 is 0. The van der Waals surface area contributed by atoms with Gasteiger partial charge in [-0.25, -0.2) is 8.42 Å². The van der Waals surface area contributed by atoms with Crippen molar-refractivity contribution in [2.75, 3.05) is 10.8 Å². The summed E-state index contributed by atoms with van der Waals surface area (Å²) in [5.41, 5.74) is 4.86. The molecule has 0 aliphatic carbocycles. The van der Waals surface area contributed by atoms with Gasteiger partial charge in [0.25, 0.3) is 10.0 Å². The molecule has 0 radical (unpaired) electrons. The fraction of sp³-hybridized carbons (Fsp3) is 0.394. The third-order valence-corrected chi connectivity index (χ3v) is 9.28. The number of anilines is 1. The van der Waals surface area contributed by atoms with E-state index in [2.05, 4.69) is 5.32 Å². The molecular formula is C33H43N3O4S. The maximum atomic E-state index is 14.3. The summed E-state index contributed by atoms with van der Waals surface area (Å²) in [5, 5.41) is 3.01. The van der Waals surface area contributed by atoms with Crippen LogP contribution in [-0.4, -0.2) is 43.8 Å². The molecule has 2 amide bonds. The maximum absolute atomic E-state index is 14.3. The average molecular weight is 578 g/mol. The molecule has 0 fully saturated rings. The summed E-state index contributed by atoms with van der Waals surface area (Å²) in [6.07, 6.45) is 1.14. The minimum Gasteiger partial charge on any atom is -0.352 e. The van der Waals surface area contributed by atoms with Crippen molar-refractivity contribution in [2.24, 2.45) is 0 Å². The third-order valence-electron chi connectivity index (χ3n) is 7.51. The Kier molecular flexibility index (Phi) is 10.7. The monoisotopic (exact) mass is 577 g/mol. The first-order valence-electron chi connectivity index (χ1n) is 14.2. The van der Waals surface area contributed by atoms with Crippen molar-refractivity contribution in [1.82, 2.24) is 10.2 Å². The van der Waals surface area contributed by atoms with Crippen molar-refractivity contribution >= 4 is 27.5 Å². The van der Waals surface area contributed by atoms with E-state index in [-0.39, 0.29) is 23.4 Å². The van der Waals surface area contributed by atoms with Gasteiger partial charge in [0.15, 0.2) is 0 Å². The van der Waals surface area contributed by atoms with E-state index in [4.69, 9.17) is 0 Å². The average Bonchev–Trinajstić information content (AvgIpc) is 2.94. The highest BCUT2D eigenvalue weighted by Gasteiger charge is 2.34. The molecule has 1 N–H and O–H groups in total. The minimum absolute atomic E-state index is 0.0553. The third kappa shape index (κ3) is 7.76. The van der Waals surface area contributed by atoms with Gasteiger partial charge in [0.2, 0.25) is 11.8 Å². The lowest BCUT2D eigenvalue weighted by Crippen LogP contribution is -2.53. The van der Waals surface area contributed by atoms with Gasteiger partial charge in [0.1, 0.15) is 12.6 Å². The maximum Gasteiger partial charge on any atom is 0.264 e. The molecule has 0 saturated heterocycles. The van der Waals surface area contributed by atoms with E-state index in [9.17, 15) is 18.0 Å². The second-order valence-corrected chi connectivity index (χ2v) is 12.7. The number of hydrogen-bond donors (Lipinski definition) is 1. The van der Waals surface area contributed by atoms with Crippen molar-refractivity contribution in [3.63, 3.8) is 0 Å². The van der Waals surface area contributed by atoms with Gasteiger partial charge in [-0.15, -0.1) is 0 Å². The van der Waals surface area contributed by atoms with Crippen LogP contribution in [0.2, 0.25) is 0 Å². The Hall–Kier alpha value is -3.65. The number of carbonyl (C=O) groups excluding carboxylic acids is 2. The second kappa shape index (κ2) is 13.8. The van der Waals surface area contributed by atoms with Gasteiger partial charge in [-0.1, -0.05) is 67.9 Å². The van der Waals surface area contributed by atoms with Crippen LogP contribution in [-0.2, 0) is 26.2 Å². The first-order valence-corrected chi connectivity index (χ1v) is 15.6. The lowest BCUT2D eigenvalue weighted by atomic mass is 10.1. The molecule has 3 aromatic rings. The van der Waals surface area contributed by atoms with E-state index < -0.39 is 28.5 Å². The Morgan fingerprint density at radius 2 is 1.46 bits per heavy atom. The molecule has 0 aliphatic rings. The first-order chi connectivity index (χ1) is 19.4. The Morgan fingerprint density at radius 3 is 2.07 bits per heavy atom. The van der Waals surface area contributed by atoms with E-state index in [0.29, 0.717) is 12.1 Å². The lowest BCUT2D eigenvalue weighted by Gasteiger charge is -2.34. The lowest BCUT2D eigenvalue weighted by molar-refractivity contribution is -0.140. The zero-order valence-electron chi connectivity index (χ0n) is 25.3. The molecule has 7 nitrogen and oxygen atoms in total. The number of nitrogens with one attached hydrogen (secondary N) is 1. The van der Waals surface area contributed by atoms with E-state index in [0.717, 1.165) is 34.2 Å². The summed E-state index contributed by atoms with van der Waals surface area (Å²) in [6, 6.07) is 19.1. The molecular weight excluding hydrogens is 534 g/mol. The molecule has 0 saturated carbocycles. The molecule has 8 heteroatoms. The first kappa shape index (κ1) is 31.9. The van der Waals surface area contributed by atoms with Gasteiger partial charge >= 0.3 is 0 Å². The van der Waals surface area contributed by atoms with Gasteiger partial charge in [-0.3, -0.25) is 13.9 Å². The van der Waals surface area contributed by atoms with Crippen LogP contribution < -0.4 is 9.62 Å². The second-order valence-electron chi connectivity index (χ2n) is 10.8. The fourth-order valence-electron chi connectivity index (χ4n) is 4.67. The predicted octanol–water partition coefficient (Wildman–Crippen LogP) is 5.84. The fourth-order valence-corrected chi connectivity index (χ4v) is 6.14. The number of hydrogen-bond acceptors (Lipinski definition) is 4. The van der Waals surface area contributed by atoms with Crippen LogP contribution in [0.3, 0.4) is 0 Å². The Balaban J connectivity index is 2.11. The highest BCUT2D eigenvalue weighted by Crippen LogP contribution is 2.29. The quantitative estimate of drug-likeness (QED) is 0.293. The predicted molar refractivity (Wildman–Crippen MR) is 165 cm³/mol. The van der Waals surface area contributed by atoms with E-state index >= 15 is 0 Å². The molecule has 0 spiro atoms. The van der Waals surface area contributed by atoms with Crippen molar-refractivity contribution in [1.29, 1.82) is 0 Å². The van der Waals surface area contributed by atoms with Gasteiger partial charge in [-0.2, -0.15) is 0 Å². The van der Waals surface area contributed by atoms with E-state index in [1.807, 2.05) is 84.9 Å². The SMILES string of the molecule is CC[C@@H](C)NC(=O)[C@H](CC)N(Cc1ccccc1C)C(=O)CN(c1cc(C)ccc1C)S(=O)(=O)c1ccc(C)cc1. The smallest absolute Gasteiger partial charge is 0.264 e. The standard InChI is InChI=1S/C33H43N3O4S/c1-8-27(7)34-33(38)30(9-2)35(21-28-13-11-10-12-25(28)5)32(37)22-36(31-20-24(4)14-17-26(31)6)41(39,40)29-18-15-23(3)16-19-29/h10-20,27,30H,8-9,21-22H2,1-7H3,(H,34,38)/t27-,30+/m1/s1. The van der Waals surface area contributed by atoms with Crippen molar-refractivity contribution in [3.05, 3.63) is 94.5 Å².